The van der Waals surface area contributed by atoms with Gasteiger partial charge in [0.25, 0.3) is 12.3 Å². The first-order valence-electron chi connectivity index (χ1n) is 10.9. The molecule has 0 radical (unpaired) electrons. The van der Waals surface area contributed by atoms with Gasteiger partial charge < -0.3 is 19.1 Å². The molecular formula is C22H25Cl2N3O6S. The highest BCUT2D eigenvalue weighted by molar-refractivity contribution is 7.90. The van der Waals surface area contributed by atoms with Gasteiger partial charge in [0.05, 0.1) is 17.3 Å². The molecule has 184 valence electrons. The summed E-state index contributed by atoms with van der Waals surface area (Å²) in [4.78, 5) is 16.2. The standard InChI is InChI=1S/C22H25Cl2N3O6S/c23-21-18(5-6-19(22(21)24)31-34-33-32-29)27-11-9-26(10-12-27)8-1-13-30-16-4-2-15-3-7-20(28)25-17(15)14-16/h2,4-6,14,29H,1,3,7-13H2,(H,25,28). The summed E-state index contributed by atoms with van der Waals surface area (Å²) in [6.07, 6.45) is 2.21. The number of halogens is 2. The van der Waals surface area contributed by atoms with Gasteiger partial charge in [0.15, 0.2) is 5.75 Å². The number of hydrogen-bond donors (Lipinski definition) is 2. The molecule has 0 bridgehead atoms. The number of amides is 1. The van der Waals surface area contributed by atoms with Crippen molar-refractivity contribution < 1.29 is 28.3 Å². The Morgan fingerprint density at radius 3 is 2.68 bits per heavy atom. The number of hydrogen-bond acceptors (Lipinski definition) is 9. The van der Waals surface area contributed by atoms with E-state index in [-0.39, 0.29) is 10.9 Å². The number of ether oxygens (including phenoxy) is 1. The highest BCUT2D eigenvalue weighted by Crippen LogP contribution is 2.40. The molecule has 2 N–H and O–H groups in total. The van der Waals surface area contributed by atoms with Crippen molar-refractivity contribution in [2.45, 2.75) is 19.3 Å². The maximum absolute atomic E-state index is 11.6. The van der Waals surface area contributed by atoms with E-state index in [1.54, 1.807) is 6.07 Å². The van der Waals surface area contributed by atoms with Crippen LogP contribution in [0.3, 0.4) is 0 Å². The largest absolute Gasteiger partial charge is 0.493 e. The lowest BCUT2D eigenvalue weighted by Crippen LogP contribution is -2.46. The zero-order valence-electron chi connectivity index (χ0n) is 18.3. The van der Waals surface area contributed by atoms with Gasteiger partial charge in [-0.15, -0.1) is 0 Å². The first kappa shape index (κ1) is 25.2. The molecular weight excluding hydrogens is 505 g/mol. The Morgan fingerprint density at radius 1 is 1.06 bits per heavy atom. The molecule has 2 aliphatic heterocycles. The maximum atomic E-state index is 11.6. The molecule has 0 spiro atoms. The predicted octanol–water partition coefficient (Wildman–Crippen LogP) is 4.83. The van der Waals surface area contributed by atoms with E-state index in [4.69, 9.17) is 37.4 Å². The van der Waals surface area contributed by atoms with Crippen LogP contribution in [0.2, 0.25) is 10.0 Å². The fraction of sp³-hybridized carbons (Fsp3) is 0.409. The smallest absolute Gasteiger partial charge is 0.261 e. The Bertz CT molecular complexity index is 1010. The third-order valence-electron chi connectivity index (χ3n) is 5.79. The Balaban J connectivity index is 1.20. The van der Waals surface area contributed by atoms with Crippen LogP contribution < -0.4 is 19.1 Å². The van der Waals surface area contributed by atoms with Crippen molar-refractivity contribution in [1.82, 2.24) is 4.90 Å². The normalized spacial score (nSPS) is 16.2. The van der Waals surface area contributed by atoms with E-state index < -0.39 is 0 Å². The van der Waals surface area contributed by atoms with Gasteiger partial charge in [0.1, 0.15) is 10.8 Å². The van der Waals surface area contributed by atoms with E-state index in [0.717, 1.165) is 68.3 Å². The van der Waals surface area contributed by atoms with E-state index >= 15 is 0 Å². The van der Waals surface area contributed by atoms with Gasteiger partial charge in [0.2, 0.25) is 5.91 Å². The molecule has 0 saturated carbocycles. The second-order valence-corrected chi connectivity index (χ2v) is 9.10. The summed E-state index contributed by atoms with van der Waals surface area (Å²) in [5, 5.41) is 15.2. The molecule has 0 aromatic heterocycles. The van der Waals surface area contributed by atoms with E-state index in [2.05, 4.69) is 24.5 Å². The molecule has 0 unspecified atom stereocenters. The summed E-state index contributed by atoms with van der Waals surface area (Å²) in [5.74, 6) is 1.13. The summed E-state index contributed by atoms with van der Waals surface area (Å²) in [7, 11) is 0. The lowest BCUT2D eigenvalue weighted by atomic mass is 10.0. The molecule has 0 aliphatic carbocycles. The Hall–Kier alpha value is -1.92. The first-order valence-corrected chi connectivity index (χ1v) is 12.3. The summed E-state index contributed by atoms with van der Waals surface area (Å²) < 4.78 is 15.3. The molecule has 12 heteroatoms. The second-order valence-electron chi connectivity index (χ2n) is 7.90. The van der Waals surface area contributed by atoms with Crippen LogP contribution in [0.25, 0.3) is 0 Å². The van der Waals surface area contributed by atoms with Crippen molar-refractivity contribution in [1.29, 1.82) is 0 Å². The van der Waals surface area contributed by atoms with Crippen LogP contribution in [-0.4, -0.2) is 55.4 Å². The van der Waals surface area contributed by atoms with Crippen molar-refractivity contribution >= 4 is 52.8 Å². The van der Waals surface area contributed by atoms with Crippen LogP contribution in [0, 0.1) is 0 Å². The van der Waals surface area contributed by atoms with Gasteiger partial charge in [-0.25, -0.2) is 5.26 Å². The Labute approximate surface area is 212 Å². The van der Waals surface area contributed by atoms with Gasteiger partial charge >= 0.3 is 0 Å². The molecule has 34 heavy (non-hydrogen) atoms. The Kier molecular flexibility index (Phi) is 9.01. The molecule has 2 aromatic carbocycles. The van der Waals surface area contributed by atoms with Gasteiger partial charge in [0, 0.05) is 50.9 Å². The SMILES string of the molecule is O=C1CCc2ccc(OCCCN3CCN(c4ccc(OSOOO)c(Cl)c4Cl)CC3)cc2N1. The first-order chi connectivity index (χ1) is 16.5. The third-order valence-corrected chi connectivity index (χ3v) is 7.00. The van der Waals surface area contributed by atoms with Crippen LogP contribution in [0.5, 0.6) is 11.5 Å². The van der Waals surface area contributed by atoms with E-state index in [9.17, 15) is 4.79 Å². The lowest BCUT2D eigenvalue weighted by molar-refractivity contribution is -0.433. The zero-order chi connectivity index (χ0) is 23.9. The number of fused-ring (bicyclic) bond motifs is 1. The van der Waals surface area contributed by atoms with Crippen LogP contribution in [0.15, 0.2) is 30.3 Å². The number of nitrogens with zero attached hydrogens (tertiary/aromatic N) is 2. The van der Waals surface area contributed by atoms with Gasteiger partial charge in [-0.3, -0.25) is 9.69 Å². The van der Waals surface area contributed by atoms with E-state index in [1.165, 1.54) is 0 Å². The molecule has 2 aromatic rings. The Morgan fingerprint density at radius 2 is 1.88 bits per heavy atom. The minimum Gasteiger partial charge on any atom is -0.493 e. The molecule has 1 amide bonds. The number of piperazine rings is 1. The number of carbonyl (C=O) groups excluding carboxylic acids is 1. The molecule has 2 heterocycles. The third kappa shape index (κ3) is 6.39. The van der Waals surface area contributed by atoms with Crippen molar-refractivity contribution in [2.75, 3.05) is 49.5 Å². The molecule has 0 atom stereocenters. The number of benzene rings is 2. The quantitative estimate of drug-likeness (QED) is 0.194. The number of anilines is 2. The maximum Gasteiger partial charge on any atom is 0.261 e. The van der Waals surface area contributed by atoms with Crippen LogP contribution >= 0.6 is 35.5 Å². The van der Waals surface area contributed by atoms with Gasteiger partial charge in [-0.2, -0.15) is 0 Å². The number of nitrogens with one attached hydrogen (secondary N) is 1. The molecule has 9 nitrogen and oxygen atoms in total. The van der Waals surface area contributed by atoms with Crippen LogP contribution in [-0.2, 0) is 20.6 Å². The van der Waals surface area contributed by atoms with Crippen LogP contribution in [0.4, 0.5) is 11.4 Å². The number of carbonyl (C=O) groups is 1. The fourth-order valence-corrected chi connectivity index (χ4v) is 4.81. The van der Waals surface area contributed by atoms with E-state index in [1.807, 2.05) is 24.3 Å². The summed E-state index contributed by atoms with van der Waals surface area (Å²) >= 11 is 13.2. The highest BCUT2D eigenvalue weighted by atomic mass is 35.5. The van der Waals surface area contributed by atoms with Crippen LogP contribution in [0.1, 0.15) is 18.4 Å². The highest BCUT2D eigenvalue weighted by Gasteiger charge is 2.22. The predicted molar refractivity (Wildman–Crippen MR) is 132 cm³/mol. The second kappa shape index (κ2) is 12.2. The summed E-state index contributed by atoms with van der Waals surface area (Å²) in [5.41, 5.74) is 2.85. The van der Waals surface area contributed by atoms with E-state index in [0.29, 0.717) is 36.1 Å². The van der Waals surface area contributed by atoms with Crippen molar-refractivity contribution in [3.63, 3.8) is 0 Å². The van der Waals surface area contributed by atoms with Crippen molar-refractivity contribution in [3.05, 3.63) is 45.9 Å². The lowest BCUT2D eigenvalue weighted by Gasteiger charge is -2.36. The van der Waals surface area contributed by atoms with Gasteiger partial charge in [-0.1, -0.05) is 38.6 Å². The average molecular weight is 530 g/mol. The molecule has 2 aliphatic rings. The monoisotopic (exact) mass is 529 g/mol. The molecule has 4 rings (SSSR count). The number of aryl methyl sites for hydroxylation is 1. The fourth-order valence-electron chi connectivity index (χ4n) is 4.02. The van der Waals surface area contributed by atoms with Gasteiger partial charge in [-0.05, 0) is 36.6 Å². The summed E-state index contributed by atoms with van der Waals surface area (Å²) in [6, 6.07) is 9.42. The van der Waals surface area contributed by atoms with Crippen molar-refractivity contribution in [3.8, 4) is 11.5 Å². The summed E-state index contributed by atoms with van der Waals surface area (Å²) in [6.45, 7) is 4.97. The van der Waals surface area contributed by atoms with Crippen molar-refractivity contribution in [2.24, 2.45) is 0 Å². The minimum atomic E-state index is 0.0541. The molecule has 1 fully saturated rings. The number of rotatable bonds is 10. The average Bonchev–Trinajstić information content (AvgIpc) is 2.85. The zero-order valence-corrected chi connectivity index (χ0v) is 20.6. The minimum absolute atomic E-state index is 0.0541. The topological polar surface area (TPSA) is 92.7 Å². The molecule has 1 saturated heterocycles.